The summed E-state index contributed by atoms with van der Waals surface area (Å²) in [5.41, 5.74) is 2.29. The maximum atomic E-state index is 10.0. The van der Waals surface area contributed by atoms with Gasteiger partial charge in [0.2, 0.25) is 0 Å². The largest absolute Gasteiger partial charge is 0.508 e. The van der Waals surface area contributed by atoms with Crippen LogP contribution in [0.1, 0.15) is 25.0 Å². The van der Waals surface area contributed by atoms with Gasteiger partial charge in [0.05, 0.1) is 6.10 Å². The Bertz CT molecular complexity index is 376. The Balaban J connectivity index is 2.19. The Labute approximate surface area is 96.1 Å². The van der Waals surface area contributed by atoms with Crippen molar-refractivity contribution in [1.29, 1.82) is 0 Å². The molecule has 0 aromatic heterocycles. The molecule has 2 rings (SSSR count). The van der Waals surface area contributed by atoms with Crippen LogP contribution in [0.2, 0.25) is 0 Å². The van der Waals surface area contributed by atoms with E-state index in [1.807, 2.05) is 6.07 Å². The Morgan fingerprint density at radius 1 is 1.25 bits per heavy atom. The lowest BCUT2D eigenvalue weighted by molar-refractivity contribution is 0.115. The summed E-state index contributed by atoms with van der Waals surface area (Å²) in [7, 11) is 0. The Morgan fingerprint density at radius 3 is 2.69 bits per heavy atom. The second-order valence-electron chi connectivity index (χ2n) is 4.86. The van der Waals surface area contributed by atoms with E-state index in [1.165, 1.54) is 0 Å². The summed E-state index contributed by atoms with van der Waals surface area (Å²) < 4.78 is 0. The SMILES string of the molecule is CC(C)NC1Cc2cc(O)ccc2CC1O. The molecule has 1 aliphatic rings. The van der Waals surface area contributed by atoms with Gasteiger partial charge in [-0.3, -0.25) is 0 Å². The van der Waals surface area contributed by atoms with Crippen LogP contribution in [0.4, 0.5) is 0 Å². The molecule has 3 nitrogen and oxygen atoms in total. The first kappa shape index (κ1) is 11.4. The molecule has 0 spiro atoms. The highest BCUT2D eigenvalue weighted by atomic mass is 16.3. The first-order valence-electron chi connectivity index (χ1n) is 5.81. The summed E-state index contributed by atoms with van der Waals surface area (Å²) in [5, 5.41) is 22.8. The number of aromatic hydroxyl groups is 1. The van der Waals surface area contributed by atoms with Gasteiger partial charge in [0.25, 0.3) is 0 Å². The minimum atomic E-state index is -0.334. The van der Waals surface area contributed by atoms with Crippen molar-refractivity contribution < 1.29 is 10.2 Å². The van der Waals surface area contributed by atoms with Gasteiger partial charge in [-0.05, 0) is 29.7 Å². The van der Waals surface area contributed by atoms with Gasteiger partial charge in [-0.25, -0.2) is 0 Å². The molecule has 3 heteroatoms. The van der Waals surface area contributed by atoms with Gasteiger partial charge in [0.15, 0.2) is 0 Å². The maximum Gasteiger partial charge on any atom is 0.115 e. The molecule has 0 heterocycles. The predicted molar refractivity (Wildman–Crippen MR) is 63.6 cm³/mol. The first-order chi connectivity index (χ1) is 7.56. The number of rotatable bonds is 2. The predicted octanol–water partition coefficient (Wildman–Crippen LogP) is 1.22. The van der Waals surface area contributed by atoms with Crippen LogP contribution < -0.4 is 5.32 Å². The number of hydrogen-bond donors (Lipinski definition) is 3. The van der Waals surface area contributed by atoms with E-state index in [4.69, 9.17) is 0 Å². The van der Waals surface area contributed by atoms with E-state index in [9.17, 15) is 10.2 Å². The third-order valence-electron chi connectivity index (χ3n) is 3.07. The Kier molecular flexibility index (Phi) is 3.17. The number of fused-ring (bicyclic) bond motifs is 1. The van der Waals surface area contributed by atoms with Gasteiger partial charge >= 0.3 is 0 Å². The van der Waals surface area contributed by atoms with E-state index in [1.54, 1.807) is 12.1 Å². The van der Waals surface area contributed by atoms with Crippen LogP contribution in [0.25, 0.3) is 0 Å². The third-order valence-corrected chi connectivity index (χ3v) is 3.07. The van der Waals surface area contributed by atoms with Crippen molar-refractivity contribution in [3.05, 3.63) is 29.3 Å². The molecule has 0 saturated heterocycles. The highest BCUT2D eigenvalue weighted by Gasteiger charge is 2.27. The fraction of sp³-hybridized carbons (Fsp3) is 0.538. The molecule has 1 aromatic carbocycles. The van der Waals surface area contributed by atoms with E-state index in [0.29, 0.717) is 18.2 Å². The van der Waals surface area contributed by atoms with Crippen molar-refractivity contribution in [3.63, 3.8) is 0 Å². The van der Waals surface area contributed by atoms with Crippen molar-refractivity contribution in [3.8, 4) is 5.75 Å². The number of nitrogens with one attached hydrogen (secondary N) is 1. The van der Waals surface area contributed by atoms with Gasteiger partial charge in [0, 0.05) is 18.5 Å². The highest BCUT2D eigenvalue weighted by Crippen LogP contribution is 2.25. The van der Waals surface area contributed by atoms with Crippen molar-refractivity contribution in [1.82, 2.24) is 5.32 Å². The molecule has 0 radical (unpaired) electrons. The van der Waals surface area contributed by atoms with E-state index in [-0.39, 0.29) is 12.1 Å². The number of hydrogen-bond acceptors (Lipinski definition) is 3. The first-order valence-corrected chi connectivity index (χ1v) is 5.81. The summed E-state index contributed by atoms with van der Waals surface area (Å²) in [6.45, 7) is 4.15. The highest BCUT2D eigenvalue weighted by molar-refractivity contribution is 5.38. The molecule has 2 unspecified atom stereocenters. The smallest absolute Gasteiger partial charge is 0.115 e. The van der Waals surface area contributed by atoms with Crippen LogP contribution in [0.5, 0.6) is 5.75 Å². The van der Waals surface area contributed by atoms with Crippen LogP contribution in [-0.2, 0) is 12.8 Å². The standard InChI is InChI=1S/C13H19NO2/c1-8(2)14-12-6-10-5-11(15)4-3-9(10)7-13(12)16/h3-5,8,12-16H,6-7H2,1-2H3. The molecule has 0 fully saturated rings. The van der Waals surface area contributed by atoms with Crippen LogP contribution in [0, 0.1) is 0 Å². The van der Waals surface area contributed by atoms with E-state index in [0.717, 1.165) is 17.5 Å². The number of phenols is 1. The van der Waals surface area contributed by atoms with Gasteiger partial charge in [-0.2, -0.15) is 0 Å². The van der Waals surface area contributed by atoms with E-state index < -0.39 is 0 Å². The summed E-state index contributed by atoms with van der Waals surface area (Å²) in [6.07, 6.45) is 1.11. The van der Waals surface area contributed by atoms with Crippen LogP contribution >= 0.6 is 0 Å². The fourth-order valence-electron chi connectivity index (χ4n) is 2.34. The molecule has 0 amide bonds. The summed E-state index contributed by atoms with van der Waals surface area (Å²) in [6, 6.07) is 5.84. The number of aliphatic hydroxyl groups excluding tert-OH is 1. The second kappa shape index (κ2) is 4.44. The van der Waals surface area contributed by atoms with Crippen LogP contribution in [0.3, 0.4) is 0 Å². The summed E-state index contributed by atoms with van der Waals surface area (Å²) in [4.78, 5) is 0. The summed E-state index contributed by atoms with van der Waals surface area (Å²) >= 11 is 0. The third kappa shape index (κ3) is 2.36. The molecule has 88 valence electrons. The normalized spacial score (nSPS) is 24.5. The van der Waals surface area contributed by atoms with Gasteiger partial charge < -0.3 is 15.5 Å². The topological polar surface area (TPSA) is 52.5 Å². The molecule has 2 atom stereocenters. The second-order valence-corrected chi connectivity index (χ2v) is 4.86. The number of phenolic OH excluding ortho intramolecular Hbond substituents is 1. The zero-order chi connectivity index (χ0) is 11.7. The molecular weight excluding hydrogens is 202 g/mol. The lowest BCUT2D eigenvalue weighted by Crippen LogP contribution is -2.48. The van der Waals surface area contributed by atoms with Crippen molar-refractivity contribution in [2.24, 2.45) is 0 Å². The molecule has 0 aliphatic heterocycles. The molecule has 1 aromatic rings. The minimum Gasteiger partial charge on any atom is -0.508 e. The van der Waals surface area contributed by atoms with Crippen molar-refractivity contribution >= 4 is 0 Å². The molecule has 1 aliphatic carbocycles. The average Bonchev–Trinajstić information content (AvgIpc) is 2.19. The number of benzene rings is 1. The maximum absolute atomic E-state index is 10.0. The minimum absolute atomic E-state index is 0.0919. The van der Waals surface area contributed by atoms with E-state index >= 15 is 0 Å². The van der Waals surface area contributed by atoms with Crippen LogP contribution in [-0.4, -0.2) is 28.4 Å². The van der Waals surface area contributed by atoms with Gasteiger partial charge in [-0.15, -0.1) is 0 Å². The average molecular weight is 221 g/mol. The molecule has 0 saturated carbocycles. The van der Waals surface area contributed by atoms with Gasteiger partial charge in [-0.1, -0.05) is 19.9 Å². The lowest BCUT2D eigenvalue weighted by Gasteiger charge is -2.32. The Hall–Kier alpha value is -1.06. The molecule has 16 heavy (non-hydrogen) atoms. The van der Waals surface area contributed by atoms with Crippen molar-refractivity contribution in [2.75, 3.05) is 0 Å². The summed E-state index contributed by atoms with van der Waals surface area (Å²) in [5.74, 6) is 0.304. The zero-order valence-corrected chi connectivity index (χ0v) is 9.77. The zero-order valence-electron chi connectivity index (χ0n) is 9.77. The quantitative estimate of drug-likeness (QED) is 0.704. The molecular formula is C13H19NO2. The van der Waals surface area contributed by atoms with Crippen LogP contribution in [0.15, 0.2) is 18.2 Å². The Morgan fingerprint density at radius 2 is 2.00 bits per heavy atom. The van der Waals surface area contributed by atoms with Gasteiger partial charge in [0.1, 0.15) is 5.75 Å². The monoisotopic (exact) mass is 221 g/mol. The molecule has 3 N–H and O–H groups in total. The van der Waals surface area contributed by atoms with Crippen molar-refractivity contribution in [2.45, 2.75) is 44.9 Å². The number of aliphatic hydroxyl groups is 1. The van der Waals surface area contributed by atoms with E-state index in [2.05, 4.69) is 19.2 Å². The molecule has 0 bridgehead atoms. The fourth-order valence-corrected chi connectivity index (χ4v) is 2.34. The lowest BCUT2D eigenvalue weighted by atomic mass is 9.86.